The molecular formula is C12H13Cl2F. The zero-order valence-corrected chi connectivity index (χ0v) is 9.86. The Balaban J connectivity index is 2.12. The van der Waals surface area contributed by atoms with Crippen LogP contribution >= 0.6 is 23.2 Å². The van der Waals surface area contributed by atoms with Gasteiger partial charge in [-0.3, -0.25) is 0 Å². The van der Waals surface area contributed by atoms with Crippen LogP contribution in [-0.2, 0) is 6.42 Å². The van der Waals surface area contributed by atoms with Crippen LogP contribution in [-0.4, -0.2) is 5.38 Å². The number of hydrogen-bond acceptors (Lipinski definition) is 0. The van der Waals surface area contributed by atoms with Crippen molar-refractivity contribution in [3.05, 3.63) is 34.6 Å². The first-order valence-electron chi connectivity index (χ1n) is 5.25. The van der Waals surface area contributed by atoms with E-state index in [2.05, 4.69) is 0 Å². The van der Waals surface area contributed by atoms with Gasteiger partial charge in [-0.15, -0.1) is 11.6 Å². The molecule has 1 aliphatic carbocycles. The van der Waals surface area contributed by atoms with Crippen LogP contribution in [0.2, 0.25) is 5.02 Å². The molecule has 0 saturated heterocycles. The molecule has 0 aliphatic heterocycles. The molecule has 1 aliphatic rings. The molecule has 0 N–H and O–H groups in total. The first-order valence-corrected chi connectivity index (χ1v) is 6.06. The van der Waals surface area contributed by atoms with Crippen molar-refractivity contribution in [1.29, 1.82) is 0 Å². The molecule has 0 spiro atoms. The third kappa shape index (κ3) is 2.64. The SMILES string of the molecule is Fc1ccc(Cl)c(CC2CCCC2Cl)c1. The van der Waals surface area contributed by atoms with E-state index >= 15 is 0 Å². The number of hydrogen-bond donors (Lipinski definition) is 0. The maximum atomic E-state index is 13.0. The van der Waals surface area contributed by atoms with Crippen molar-refractivity contribution in [2.75, 3.05) is 0 Å². The molecule has 0 nitrogen and oxygen atoms in total. The lowest BCUT2D eigenvalue weighted by molar-refractivity contribution is 0.548. The Bertz CT molecular complexity index is 351. The molecule has 0 heterocycles. The summed E-state index contributed by atoms with van der Waals surface area (Å²) in [6.45, 7) is 0. The van der Waals surface area contributed by atoms with Crippen LogP contribution in [0.3, 0.4) is 0 Å². The van der Waals surface area contributed by atoms with Crippen LogP contribution in [0.15, 0.2) is 18.2 Å². The quantitative estimate of drug-likeness (QED) is 0.678. The molecule has 0 bridgehead atoms. The summed E-state index contributed by atoms with van der Waals surface area (Å²) in [6, 6.07) is 4.52. The van der Waals surface area contributed by atoms with Crippen molar-refractivity contribution in [1.82, 2.24) is 0 Å². The Hall–Kier alpha value is -0.270. The van der Waals surface area contributed by atoms with Gasteiger partial charge >= 0.3 is 0 Å². The number of halogens is 3. The van der Waals surface area contributed by atoms with Crippen LogP contribution in [0.1, 0.15) is 24.8 Å². The molecule has 2 atom stereocenters. The fraction of sp³-hybridized carbons (Fsp3) is 0.500. The second-order valence-electron chi connectivity index (χ2n) is 4.15. The lowest BCUT2D eigenvalue weighted by Gasteiger charge is -2.14. The van der Waals surface area contributed by atoms with E-state index in [-0.39, 0.29) is 11.2 Å². The maximum absolute atomic E-state index is 13.0. The summed E-state index contributed by atoms with van der Waals surface area (Å²) in [5.41, 5.74) is 0.884. The predicted octanol–water partition coefficient (Wildman–Crippen LogP) is 4.43. The van der Waals surface area contributed by atoms with Crippen LogP contribution in [0.4, 0.5) is 4.39 Å². The van der Waals surface area contributed by atoms with E-state index in [1.807, 2.05) is 0 Å². The zero-order valence-electron chi connectivity index (χ0n) is 8.35. The van der Waals surface area contributed by atoms with E-state index in [0.717, 1.165) is 24.8 Å². The van der Waals surface area contributed by atoms with Crippen LogP contribution in [0.25, 0.3) is 0 Å². The van der Waals surface area contributed by atoms with E-state index in [9.17, 15) is 4.39 Å². The Morgan fingerprint density at radius 1 is 1.33 bits per heavy atom. The van der Waals surface area contributed by atoms with Gasteiger partial charge < -0.3 is 0 Å². The number of alkyl halides is 1. The monoisotopic (exact) mass is 246 g/mol. The van der Waals surface area contributed by atoms with Gasteiger partial charge in [0, 0.05) is 10.4 Å². The summed E-state index contributed by atoms with van der Waals surface area (Å²) in [7, 11) is 0. The minimum atomic E-state index is -0.224. The Morgan fingerprint density at radius 3 is 2.80 bits per heavy atom. The van der Waals surface area contributed by atoms with E-state index in [1.165, 1.54) is 18.6 Å². The van der Waals surface area contributed by atoms with Crippen molar-refractivity contribution >= 4 is 23.2 Å². The summed E-state index contributed by atoms with van der Waals surface area (Å²) >= 11 is 12.2. The van der Waals surface area contributed by atoms with Gasteiger partial charge in [0.1, 0.15) is 5.82 Å². The first kappa shape index (κ1) is 11.2. The van der Waals surface area contributed by atoms with Gasteiger partial charge in [0.2, 0.25) is 0 Å². The minimum Gasteiger partial charge on any atom is -0.207 e. The van der Waals surface area contributed by atoms with E-state index in [4.69, 9.17) is 23.2 Å². The van der Waals surface area contributed by atoms with Crippen molar-refractivity contribution < 1.29 is 4.39 Å². The highest BCUT2D eigenvalue weighted by atomic mass is 35.5. The highest BCUT2D eigenvalue weighted by Crippen LogP contribution is 2.34. The van der Waals surface area contributed by atoms with E-state index < -0.39 is 0 Å². The molecular weight excluding hydrogens is 234 g/mol. The van der Waals surface area contributed by atoms with Crippen LogP contribution < -0.4 is 0 Å². The molecule has 1 fully saturated rings. The van der Waals surface area contributed by atoms with Crippen LogP contribution in [0, 0.1) is 11.7 Å². The molecule has 1 aromatic rings. The number of rotatable bonds is 2. The van der Waals surface area contributed by atoms with Gasteiger partial charge in [0.15, 0.2) is 0 Å². The second kappa shape index (κ2) is 4.71. The predicted molar refractivity (Wildman–Crippen MR) is 62.1 cm³/mol. The van der Waals surface area contributed by atoms with Crippen molar-refractivity contribution in [2.24, 2.45) is 5.92 Å². The Kier molecular flexibility index (Phi) is 3.53. The van der Waals surface area contributed by atoms with Crippen molar-refractivity contribution in [3.63, 3.8) is 0 Å². The van der Waals surface area contributed by atoms with Gasteiger partial charge in [-0.2, -0.15) is 0 Å². The Labute approximate surface area is 99.4 Å². The lowest BCUT2D eigenvalue weighted by Crippen LogP contribution is -2.10. The second-order valence-corrected chi connectivity index (χ2v) is 5.11. The largest absolute Gasteiger partial charge is 0.207 e. The molecule has 0 aromatic heterocycles. The molecule has 82 valence electrons. The molecule has 1 aromatic carbocycles. The third-order valence-electron chi connectivity index (χ3n) is 3.06. The van der Waals surface area contributed by atoms with Crippen molar-refractivity contribution in [3.8, 4) is 0 Å². The normalized spacial score (nSPS) is 25.8. The fourth-order valence-corrected chi connectivity index (χ4v) is 2.77. The van der Waals surface area contributed by atoms with Gasteiger partial charge in [0.25, 0.3) is 0 Å². The smallest absolute Gasteiger partial charge is 0.123 e. The van der Waals surface area contributed by atoms with Gasteiger partial charge in [0.05, 0.1) is 0 Å². The first-order chi connectivity index (χ1) is 7.16. The minimum absolute atomic E-state index is 0.224. The number of benzene rings is 1. The molecule has 0 radical (unpaired) electrons. The summed E-state index contributed by atoms with van der Waals surface area (Å²) in [5.74, 6) is 0.226. The maximum Gasteiger partial charge on any atom is 0.123 e. The molecule has 1 saturated carbocycles. The molecule has 2 rings (SSSR count). The van der Waals surface area contributed by atoms with E-state index in [0.29, 0.717) is 10.9 Å². The zero-order chi connectivity index (χ0) is 10.8. The molecule has 0 amide bonds. The topological polar surface area (TPSA) is 0 Å². The van der Waals surface area contributed by atoms with Gasteiger partial charge in [-0.05, 0) is 48.9 Å². The van der Waals surface area contributed by atoms with Gasteiger partial charge in [-0.25, -0.2) is 4.39 Å². The fourth-order valence-electron chi connectivity index (χ4n) is 2.20. The Morgan fingerprint density at radius 2 is 2.13 bits per heavy atom. The summed E-state index contributed by atoms with van der Waals surface area (Å²) in [4.78, 5) is 0. The van der Waals surface area contributed by atoms with Crippen LogP contribution in [0.5, 0.6) is 0 Å². The average molecular weight is 247 g/mol. The highest BCUT2D eigenvalue weighted by Gasteiger charge is 2.25. The average Bonchev–Trinajstić information content (AvgIpc) is 2.58. The highest BCUT2D eigenvalue weighted by molar-refractivity contribution is 6.31. The van der Waals surface area contributed by atoms with Crippen molar-refractivity contribution in [2.45, 2.75) is 31.1 Å². The summed E-state index contributed by atoms with van der Waals surface area (Å²) in [6.07, 6.45) is 4.16. The standard InChI is InChI=1S/C12H13Cl2F/c13-11-3-1-2-8(11)6-9-7-10(15)4-5-12(9)14/h4-5,7-8,11H,1-3,6H2. The van der Waals surface area contributed by atoms with E-state index in [1.54, 1.807) is 6.07 Å². The van der Waals surface area contributed by atoms with Gasteiger partial charge in [-0.1, -0.05) is 18.0 Å². The summed E-state index contributed by atoms with van der Waals surface area (Å²) < 4.78 is 13.0. The summed E-state index contributed by atoms with van der Waals surface area (Å²) in [5, 5.41) is 0.872. The molecule has 3 heteroatoms. The lowest BCUT2D eigenvalue weighted by atomic mass is 9.97. The third-order valence-corrected chi connectivity index (χ3v) is 4.00. The molecule has 2 unspecified atom stereocenters. The molecule has 15 heavy (non-hydrogen) atoms.